The predicted octanol–water partition coefficient (Wildman–Crippen LogP) is 8.59. The van der Waals surface area contributed by atoms with E-state index < -0.39 is 31.9 Å². The Hall–Kier alpha value is -3.37. The molecule has 13 heteroatoms. The van der Waals surface area contributed by atoms with Crippen LogP contribution in [0, 0.1) is 6.57 Å². The third-order valence-electron chi connectivity index (χ3n) is 6.75. The summed E-state index contributed by atoms with van der Waals surface area (Å²) in [7, 11) is -1.96. The topological polar surface area (TPSA) is 75.0 Å². The molecule has 0 bridgehead atoms. The number of carbonyl (C=O) groups is 2. The maximum Gasteiger partial charge on any atom is 0.416 e. The van der Waals surface area contributed by atoms with Crippen LogP contribution in [0.2, 0.25) is 22.5 Å². The van der Waals surface area contributed by atoms with Gasteiger partial charge in [-0.15, -0.1) is 11.3 Å². The Kier molecular flexibility index (Phi) is 9.92. The number of hydrogen-bond acceptors (Lipinski definition) is 5. The summed E-state index contributed by atoms with van der Waals surface area (Å²) in [6, 6.07) is 11.9. The molecule has 0 spiro atoms. The molecule has 0 saturated carbocycles. The van der Waals surface area contributed by atoms with Crippen LogP contribution in [0.3, 0.4) is 0 Å². The molecule has 2 N–H and O–H groups in total. The second kappa shape index (κ2) is 12.6. The van der Waals surface area contributed by atoms with Crippen molar-refractivity contribution in [1.29, 1.82) is 0 Å². The maximum atomic E-state index is 13.4. The highest BCUT2D eigenvalue weighted by Gasteiger charge is 2.37. The number of benzene rings is 2. The number of hydrogen-bond donors (Lipinski definition) is 2. The molecule has 218 valence electrons. The average molecular weight is 623 g/mol. The molecule has 41 heavy (non-hydrogen) atoms. The summed E-state index contributed by atoms with van der Waals surface area (Å²) in [6.45, 7) is 19.0. The molecular formula is C28H30ClF3N4O3SSi. The fourth-order valence-electron chi connectivity index (χ4n) is 3.40. The van der Waals surface area contributed by atoms with Crippen LogP contribution in [0.4, 0.5) is 30.2 Å². The van der Waals surface area contributed by atoms with Crippen molar-refractivity contribution in [3.8, 4) is 0 Å². The Balaban J connectivity index is 1.75. The number of carbonyl (C=O) groups excluding carboxylic acids is 2. The Morgan fingerprint density at radius 3 is 2.22 bits per heavy atom. The lowest BCUT2D eigenvalue weighted by Crippen LogP contribution is -2.42. The van der Waals surface area contributed by atoms with E-state index in [2.05, 4.69) is 49.5 Å². The fourth-order valence-corrected chi connectivity index (χ4v) is 5.37. The van der Waals surface area contributed by atoms with Gasteiger partial charge >= 0.3 is 6.18 Å². The van der Waals surface area contributed by atoms with Crippen LogP contribution in [0.25, 0.3) is 4.95 Å². The molecule has 1 aromatic heterocycles. The number of nitrogens with zero attached hydrogens (tertiary/aromatic N) is 2. The van der Waals surface area contributed by atoms with Crippen LogP contribution in [0.15, 0.2) is 54.6 Å². The quantitative estimate of drug-likeness (QED) is 0.142. The predicted molar refractivity (Wildman–Crippen MR) is 160 cm³/mol. The minimum atomic E-state index is -4.68. The first-order chi connectivity index (χ1) is 19.0. The summed E-state index contributed by atoms with van der Waals surface area (Å²) in [5, 5.41) is 6.53. The first-order valence-corrected chi connectivity index (χ1v) is 16.6. The molecule has 3 aromatic rings. The highest BCUT2D eigenvalue weighted by molar-refractivity contribution is 7.18. The van der Waals surface area contributed by atoms with Crippen molar-refractivity contribution in [2.75, 3.05) is 28.8 Å². The summed E-state index contributed by atoms with van der Waals surface area (Å²) in [5.41, 5.74) is -0.542. The summed E-state index contributed by atoms with van der Waals surface area (Å²) in [6.07, 6.45) is -4.68. The van der Waals surface area contributed by atoms with Gasteiger partial charge in [-0.3, -0.25) is 9.59 Å². The maximum absolute atomic E-state index is 13.4. The molecule has 0 fully saturated rings. The standard InChI is InChI=1S/C28H30ClF3N4O3SSi/c1-27(2,3)41(5,6)39-16-15-36(33-4)20-10-8-19(9-11-20)34-25(37)21-12-7-18(28(30,31)32)17-22(21)35-26(38)23-13-14-24(29)40-23/h7-14,17H,15-16H2,1-3,5-6H3,(H,34,37)(H,35,38). The van der Waals surface area contributed by atoms with E-state index >= 15 is 0 Å². The Morgan fingerprint density at radius 2 is 1.68 bits per heavy atom. The number of alkyl halides is 3. The Morgan fingerprint density at radius 1 is 1.02 bits per heavy atom. The van der Waals surface area contributed by atoms with Gasteiger partial charge in [0.2, 0.25) is 0 Å². The van der Waals surface area contributed by atoms with E-state index in [1.54, 1.807) is 24.3 Å². The zero-order valence-electron chi connectivity index (χ0n) is 23.1. The molecule has 0 aliphatic rings. The van der Waals surface area contributed by atoms with Gasteiger partial charge in [0.25, 0.3) is 11.8 Å². The van der Waals surface area contributed by atoms with E-state index in [1.165, 1.54) is 17.1 Å². The molecule has 0 atom stereocenters. The smallest absolute Gasteiger partial charge is 0.415 e. The van der Waals surface area contributed by atoms with Crippen molar-refractivity contribution in [1.82, 2.24) is 0 Å². The van der Waals surface area contributed by atoms with E-state index in [9.17, 15) is 22.8 Å². The lowest BCUT2D eigenvalue weighted by atomic mass is 10.1. The molecular weight excluding hydrogens is 593 g/mol. The lowest BCUT2D eigenvalue weighted by Gasteiger charge is -2.36. The van der Waals surface area contributed by atoms with Crippen molar-refractivity contribution in [2.24, 2.45) is 0 Å². The minimum Gasteiger partial charge on any atom is -0.415 e. The zero-order chi connectivity index (χ0) is 30.6. The number of halogens is 4. The van der Waals surface area contributed by atoms with Gasteiger partial charge in [-0.25, -0.2) is 0 Å². The summed E-state index contributed by atoms with van der Waals surface area (Å²) < 4.78 is 46.6. The SMILES string of the molecule is [C-]#[N+]N(CCO[Si](C)(C)C(C)(C)C)c1ccc(NC(=O)c2ccc(C(F)(F)F)cc2NC(=O)c2ccc(Cl)s2)cc1. The van der Waals surface area contributed by atoms with Crippen molar-refractivity contribution < 1.29 is 27.2 Å². The van der Waals surface area contributed by atoms with E-state index in [4.69, 9.17) is 22.6 Å². The normalized spacial score (nSPS) is 12.0. The highest BCUT2D eigenvalue weighted by atomic mass is 35.5. The van der Waals surface area contributed by atoms with Crippen LogP contribution >= 0.6 is 22.9 Å². The van der Waals surface area contributed by atoms with Crippen LogP contribution in [0.5, 0.6) is 0 Å². The monoisotopic (exact) mass is 622 g/mol. The van der Waals surface area contributed by atoms with E-state index in [0.29, 0.717) is 34.9 Å². The van der Waals surface area contributed by atoms with Gasteiger partial charge in [0.15, 0.2) is 8.32 Å². The second-order valence-corrected chi connectivity index (χ2v) is 17.2. The first kappa shape index (κ1) is 32.1. The molecule has 0 radical (unpaired) electrons. The van der Waals surface area contributed by atoms with Gasteiger partial charge in [0, 0.05) is 5.69 Å². The zero-order valence-corrected chi connectivity index (χ0v) is 25.7. The molecule has 0 saturated heterocycles. The van der Waals surface area contributed by atoms with Gasteiger partial charge in [-0.1, -0.05) is 37.4 Å². The number of anilines is 3. The van der Waals surface area contributed by atoms with Crippen molar-refractivity contribution >= 4 is 60.1 Å². The average Bonchev–Trinajstić information content (AvgIpc) is 3.32. The molecule has 2 aromatic carbocycles. The van der Waals surface area contributed by atoms with Gasteiger partial charge in [0.1, 0.15) is 12.2 Å². The summed E-state index contributed by atoms with van der Waals surface area (Å²) in [5.74, 6) is -1.42. The van der Waals surface area contributed by atoms with Crippen LogP contribution < -0.4 is 15.6 Å². The third-order valence-corrected chi connectivity index (χ3v) is 12.5. The van der Waals surface area contributed by atoms with Crippen LogP contribution in [-0.4, -0.2) is 33.3 Å². The van der Waals surface area contributed by atoms with Crippen molar-refractivity contribution in [2.45, 2.75) is 45.1 Å². The number of thiophene rings is 1. The van der Waals surface area contributed by atoms with Gasteiger partial charge in [-0.2, -0.15) is 24.7 Å². The van der Waals surface area contributed by atoms with Crippen LogP contribution in [-0.2, 0) is 10.6 Å². The number of rotatable bonds is 9. The summed E-state index contributed by atoms with van der Waals surface area (Å²) in [4.78, 5) is 29.4. The van der Waals surface area contributed by atoms with Crippen LogP contribution in [0.1, 0.15) is 46.4 Å². The molecule has 0 unspecified atom stereocenters. The largest absolute Gasteiger partial charge is 0.416 e. The van der Waals surface area contributed by atoms with E-state index in [-0.39, 0.29) is 21.2 Å². The Bertz CT molecular complexity index is 1450. The second-order valence-electron chi connectivity index (χ2n) is 10.6. The minimum absolute atomic E-state index is 0.0448. The third kappa shape index (κ3) is 8.33. The van der Waals surface area contributed by atoms with Gasteiger partial charge < -0.3 is 15.1 Å². The fraction of sp³-hybridized carbons (Fsp3) is 0.321. The molecule has 1 heterocycles. The van der Waals surface area contributed by atoms with Crippen molar-refractivity contribution in [3.05, 3.63) is 86.5 Å². The molecule has 0 aliphatic carbocycles. The first-order valence-electron chi connectivity index (χ1n) is 12.5. The summed E-state index contributed by atoms with van der Waals surface area (Å²) >= 11 is 6.82. The molecule has 3 rings (SSSR count). The molecule has 2 amide bonds. The number of amides is 2. The highest BCUT2D eigenvalue weighted by Crippen LogP contribution is 2.37. The number of nitrogens with one attached hydrogen (secondary N) is 2. The van der Waals surface area contributed by atoms with Crippen molar-refractivity contribution in [3.63, 3.8) is 0 Å². The van der Waals surface area contributed by atoms with E-state index in [0.717, 1.165) is 23.5 Å². The van der Waals surface area contributed by atoms with Gasteiger partial charge in [0.05, 0.1) is 32.6 Å². The molecule has 7 nitrogen and oxygen atoms in total. The lowest BCUT2D eigenvalue weighted by molar-refractivity contribution is -0.137. The van der Waals surface area contributed by atoms with Gasteiger partial charge in [-0.05, 0) is 72.7 Å². The van der Waals surface area contributed by atoms with E-state index in [1.807, 2.05) is 0 Å². The molecule has 0 aliphatic heterocycles. The Labute approximate surface area is 247 Å².